The summed E-state index contributed by atoms with van der Waals surface area (Å²) in [7, 11) is 1.36. The fourth-order valence-corrected chi connectivity index (χ4v) is 3.49. The second kappa shape index (κ2) is 6.72. The molecule has 3 rings (SSSR count). The molecule has 0 unspecified atom stereocenters. The van der Waals surface area contributed by atoms with Gasteiger partial charge < -0.3 is 14.6 Å². The quantitative estimate of drug-likeness (QED) is 0.637. The summed E-state index contributed by atoms with van der Waals surface area (Å²) >= 11 is 0.973. The molecule has 25 heavy (non-hydrogen) atoms. The summed E-state index contributed by atoms with van der Waals surface area (Å²) in [4.78, 5) is 11.6. The molecule has 0 atom stereocenters. The fraction of sp³-hybridized carbons (Fsp3) is 0.211. The van der Waals surface area contributed by atoms with E-state index < -0.39 is 11.8 Å². The van der Waals surface area contributed by atoms with E-state index in [1.165, 1.54) is 19.2 Å². The van der Waals surface area contributed by atoms with Crippen LogP contribution in [0.2, 0.25) is 0 Å². The van der Waals surface area contributed by atoms with Crippen LogP contribution in [-0.4, -0.2) is 18.2 Å². The van der Waals surface area contributed by atoms with Crippen LogP contribution in [0.4, 0.5) is 4.39 Å². The molecule has 0 saturated carbocycles. The van der Waals surface area contributed by atoms with Gasteiger partial charge in [-0.15, -0.1) is 11.3 Å². The van der Waals surface area contributed by atoms with Gasteiger partial charge in [-0.05, 0) is 35.7 Å². The van der Waals surface area contributed by atoms with Crippen molar-refractivity contribution in [1.82, 2.24) is 0 Å². The Hall–Kier alpha value is -2.60. The molecule has 0 aliphatic carbocycles. The normalized spacial score (nSPS) is 11.1. The Morgan fingerprint density at radius 2 is 1.88 bits per heavy atom. The Balaban J connectivity index is 2.09. The molecule has 0 saturated heterocycles. The maximum absolute atomic E-state index is 13.9. The highest BCUT2D eigenvalue weighted by Crippen LogP contribution is 2.42. The van der Waals surface area contributed by atoms with E-state index >= 15 is 0 Å². The number of hydrogen-bond acceptors (Lipinski definition) is 4. The predicted octanol–water partition coefficient (Wildman–Crippen LogP) is 5.66. The van der Waals surface area contributed by atoms with Crippen molar-refractivity contribution in [1.29, 1.82) is 0 Å². The SMILES string of the molecule is COc1cc2c(Oc3ccc(C(C)C)cc3)c(C(=O)O)sc2cc1F. The number of rotatable bonds is 5. The van der Waals surface area contributed by atoms with Gasteiger partial charge in [0.2, 0.25) is 0 Å². The van der Waals surface area contributed by atoms with Crippen LogP contribution >= 0.6 is 11.3 Å². The zero-order valence-electron chi connectivity index (χ0n) is 14.0. The van der Waals surface area contributed by atoms with Crippen LogP contribution in [0.25, 0.3) is 10.1 Å². The molecule has 0 spiro atoms. The summed E-state index contributed by atoms with van der Waals surface area (Å²) < 4.78 is 25.2. The molecule has 6 heteroatoms. The number of carbonyl (C=O) groups is 1. The lowest BCUT2D eigenvalue weighted by atomic mass is 10.0. The number of methoxy groups -OCH3 is 1. The second-order valence-electron chi connectivity index (χ2n) is 5.87. The van der Waals surface area contributed by atoms with E-state index in [1.54, 1.807) is 12.1 Å². The van der Waals surface area contributed by atoms with Gasteiger partial charge in [0.05, 0.1) is 7.11 Å². The number of carboxylic acids is 1. The number of fused-ring (bicyclic) bond motifs is 1. The van der Waals surface area contributed by atoms with Gasteiger partial charge in [-0.3, -0.25) is 0 Å². The average Bonchev–Trinajstić information content (AvgIpc) is 2.92. The van der Waals surface area contributed by atoms with Gasteiger partial charge in [0.1, 0.15) is 5.75 Å². The lowest BCUT2D eigenvalue weighted by molar-refractivity contribution is 0.0700. The van der Waals surface area contributed by atoms with E-state index in [0.717, 1.165) is 16.9 Å². The van der Waals surface area contributed by atoms with Gasteiger partial charge in [-0.1, -0.05) is 26.0 Å². The first-order chi connectivity index (χ1) is 11.9. The monoisotopic (exact) mass is 360 g/mol. The van der Waals surface area contributed by atoms with Gasteiger partial charge in [0, 0.05) is 10.1 Å². The van der Waals surface area contributed by atoms with Crippen molar-refractivity contribution in [2.75, 3.05) is 7.11 Å². The Labute approximate surface area is 148 Å². The summed E-state index contributed by atoms with van der Waals surface area (Å²) in [5, 5.41) is 9.97. The molecule has 0 aliphatic rings. The minimum Gasteiger partial charge on any atom is -0.494 e. The van der Waals surface area contributed by atoms with E-state index in [4.69, 9.17) is 9.47 Å². The largest absolute Gasteiger partial charge is 0.494 e. The van der Waals surface area contributed by atoms with Crippen molar-refractivity contribution in [2.45, 2.75) is 19.8 Å². The van der Waals surface area contributed by atoms with E-state index in [2.05, 4.69) is 13.8 Å². The minimum absolute atomic E-state index is 0.0237. The van der Waals surface area contributed by atoms with Gasteiger partial charge in [-0.2, -0.15) is 0 Å². The molecule has 0 amide bonds. The first-order valence-corrected chi connectivity index (χ1v) is 8.53. The smallest absolute Gasteiger partial charge is 0.349 e. The molecule has 4 nitrogen and oxygen atoms in total. The first kappa shape index (κ1) is 17.2. The molecule has 1 N–H and O–H groups in total. The third-order valence-electron chi connectivity index (χ3n) is 3.88. The third kappa shape index (κ3) is 3.30. The third-order valence-corrected chi connectivity index (χ3v) is 5.00. The molecule has 3 aromatic rings. The Morgan fingerprint density at radius 3 is 2.44 bits per heavy atom. The van der Waals surface area contributed by atoms with Crippen molar-refractivity contribution in [2.24, 2.45) is 0 Å². The van der Waals surface area contributed by atoms with E-state index in [9.17, 15) is 14.3 Å². The number of thiophene rings is 1. The summed E-state index contributed by atoms with van der Waals surface area (Å²) in [6, 6.07) is 10.2. The van der Waals surface area contributed by atoms with Crippen LogP contribution in [0.3, 0.4) is 0 Å². The summed E-state index contributed by atoms with van der Waals surface area (Å²) in [5.41, 5.74) is 1.16. The van der Waals surface area contributed by atoms with Gasteiger partial charge in [0.15, 0.2) is 22.2 Å². The molecule has 0 radical (unpaired) electrons. The molecule has 2 aromatic carbocycles. The highest BCUT2D eigenvalue weighted by molar-refractivity contribution is 7.21. The maximum atomic E-state index is 13.9. The molecule has 0 bridgehead atoms. The van der Waals surface area contributed by atoms with Crippen LogP contribution in [0, 0.1) is 5.82 Å². The summed E-state index contributed by atoms with van der Waals surface area (Å²) in [6.45, 7) is 4.18. The molecule has 0 fully saturated rings. The Kier molecular flexibility index (Phi) is 4.63. The van der Waals surface area contributed by atoms with E-state index in [0.29, 0.717) is 21.8 Å². The highest BCUT2D eigenvalue weighted by atomic mass is 32.1. The molecule has 130 valence electrons. The van der Waals surface area contributed by atoms with Gasteiger partial charge >= 0.3 is 5.97 Å². The summed E-state index contributed by atoms with van der Waals surface area (Å²) in [6.07, 6.45) is 0. The molecular weight excluding hydrogens is 343 g/mol. The standard InChI is InChI=1S/C19H17FO4S/c1-10(2)11-4-6-12(7-5-11)24-17-13-8-15(23-3)14(20)9-16(13)25-18(17)19(21)22/h4-10H,1-3H3,(H,21,22). The zero-order chi connectivity index (χ0) is 18.1. The lowest BCUT2D eigenvalue weighted by Crippen LogP contribution is -1.96. The average molecular weight is 360 g/mol. The molecule has 1 heterocycles. The maximum Gasteiger partial charge on any atom is 0.349 e. The Bertz CT molecular complexity index is 929. The Morgan fingerprint density at radius 1 is 1.20 bits per heavy atom. The van der Waals surface area contributed by atoms with Gasteiger partial charge in [-0.25, -0.2) is 9.18 Å². The minimum atomic E-state index is -1.12. The van der Waals surface area contributed by atoms with Crippen molar-refractivity contribution < 1.29 is 23.8 Å². The van der Waals surface area contributed by atoms with Crippen LogP contribution in [0.5, 0.6) is 17.2 Å². The number of aromatic carboxylic acids is 1. The predicted molar refractivity (Wildman–Crippen MR) is 95.9 cm³/mol. The number of carboxylic acid groups (broad SMARTS) is 1. The fourth-order valence-electron chi connectivity index (χ4n) is 2.51. The van der Waals surface area contributed by atoms with E-state index in [1.807, 2.05) is 12.1 Å². The van der Waals surface area contributed by atoms with Crippen LogP contribution in [0.15, 0.2) is 36.4 Å². The molecular formula is C19H17FO4S. The van der Waals surface area contributed by atoms with Crippen molar-refractivity contribution >= 4 is 27.4 Å². The zero-order valence-corrected chi connectivity index (χ0v) is 14.8. The van der Waals surface area contributed by atoms with Crippen molar-refractivity contribution in [3.8, 4) is 17.2 Å². The number of halogens is 1. The number of ether oxygens (including phenoxy) is 2. The van der Waals surface area contributed by atoms with Crippen LogP contribution < -0.4 is 9.47 Å². The molecule has 1 aromatic heterocycles. The second-order valence-corrected chi connectivity index (χ2v) is 6.93. The van der Waals surface area contributed by atoms with Crippen LogP contribution in [0.1, 0.15) is 35.0 Å². The van der Waals surface area contributed by atoms with Crippen molar-refractivity contribution in [3.05, 3.63) is 52.7 Å². The highest BCUT2D eigenvalue weighted by Gasteiger charge is 2.22. The lowest BCUT2D eigenvalue weighted by Gasteiger charge is -2.09. The number of benzene rings is 2. The van der Waals surface area contributed by atoms with E-state index in [-0.39, 0.29) is 16.4 Å². The summed E-state index contributed by atoms with van der Waals surface area (Å²) in [5.74, 6) is -0.506. The topological polar surface area (TPSA) is 55.8 Å². The molecule has 0 aliphatic heterocycles. The van der Waals surface area contributed by atoms with Crippen molar-refractivity contribution in [3.63, 3.8) is 0 Å². The van der Waals surface area contributed by atoms with Crippen LogP contribution in [-0.2, 0) is 0 Å². The van der Waals surface area contributed by atoms with Gasteiger partial charge in [0.25, 0.3) is 0 Å². The first-order valence-electron chi connectivity index (χ1n) is 7.72. The number of hydrogen-bond donors (Lipinski definition) is 1.